The van der Waals surface area contributed by atoms with Crippen molar-refractivity contribution < 1.29 is 13.2 Å². The number of carbonyl (C=O) groups is 1. The zero-order valence-electron chi connectivity index (χ0n) is 14.6. The third kappa shape index (κ3) is 5.68. The van der Waals surface area contributed by atoms with Gasteiger partial charge in [-0.1, -0.05) is 0 Å². The molecule has 139 valence electrons. The van der Waals surface area contributed by atoms with Crippen LogP contribution in [0, 0.1) is 12.3 Å². The second kappa shape index (κ2) is 9.12. The van der Waals surface area contributed by atoms with Crippen molar-refractivity contribution in [3.05, 3.63) is 6.42 Å². The lowest BCUT2D eigenvalue weighted by Gasteiger charge is -2.36. The van der Waals surface area contributed by atoms with Crippen molar-refractivity contribution in [2.45, 2.75) is 38.6 Å². The van der Waals surface area contributed by atoms with Crippen LogP contribution in [0.15, 0.2) is 0 Å². The van der Waals surface area contributed by atoms with Gasteiger partial charge in [-0.2, -0.15) is 4.31 Å². The Hall–Kier alpha value is -0.700. The molecule has 0 aromatic rings. The lowest BCUT2D eigenvalue weighted by Crippen LogP contribution is -2.54. The number of primary amides is 1. The number of nitrogens with one attached hydrogen (secondary N) is 1. The maximum absolute atomic E-state index is 12.4. The molecule has 2 fully saturated rings. The maximum Gasteiger partial charge on any atom is 0.234 e. The van der Waals surface area contributed by atoms with Gasteiger partial charge in [0.2, 0.25) is 15.9 Å². The summed E-state index contributed by atoms with van der Waals surface area (Å²) >= 11 is 0. The van der Waals surface area contributed by atoms with Crippen LogP contribution < -0.4 is 11.1 Å². The van der Waals surface area contributed by atoms with E-state index in [1.165, 1.54) is 0 Å². The Kier molecular flexibility index (Phi) is 7.46. The Balaban J connectivity index is 1.68. The number of nitrogens with two attached hydrogens (primary N) is 1. The van der Waals surface area contributed by atoms with Crippen LogP contribution >= 0.6 is 0 Å². The maximum atomic E-state index is 12.4. The summed E-state index contributed by atoms with van der Waals surface area (Å²) in [6.07, 6.45) is 6.16. The minimum absolute atomic E-state index is 0.208. The normalized spacial score (nSPS) is 23.2. The predicted molar refractivity (Wildman–Crippen MR) is 94.7 cm³/mol. The van der Waals surface area contributed by atoms with Crippen molar-refractivity contribution >= 4 is 15.9 Å². The van der Waals surface area contributed by atoms with Crippen LogP contribution in [0.3, 0.4) is 0 Å². The van der Waals surface area contributed by atoms with Crippen molar-refractivity contribution in [2.75, 3.05) is 45.0 Å². The number of nitrogens with zero attached hydrogens (tertiary/aromatic N) is 2. The van der Waals surface area contributed by atoms with Gasteiger partial charge in [0.1, 0.15) is 0 Å². The molecule has 2 saturated heterocycles. The lowest BCUT2D eigenvalue weighted by molar-refractivity contribution is -0.123. The summed E-state index contributed by atoms with van der Waals surface area (Å²) in [7, 11) is -3.20. The van der Waals surface area contributed by atoms with Crippen LogP contribution in [0.5, 0.6) is 0 Å². The van der Waals surface area contributed by atoms with Crippen LogP contribution in [-0.4, -0.2) is 74.6 Å². The minimum atomic E-state index is -3.20. The number of amides is 1. The Morgan fingerprint density at radius 1 is 1.25 bits per heavy atom. The fourth-order valence-corrected chi connectivity index (χ4v) is 4.89. The molecule has 0 aromatic carbocycles. The molecule has 8 heteroatoms. The second-order valence-corrected chi connectivity index (χ2v) is 8.88. The summed E-state index contributed by atoms with van der Waals surface area (Å²) in [5.74, 6) is 0.479. The molecule has 3 N–H and O–H groups in total. The molecular weight excluding hydrogens is 328 g/mol. The van der Waals surface area contributed by atoms with Gasteiger partial charge in [0, 0.05) is 26.2 Å². The monoisotopic (exact) mass is 359 g/mol. The summed E-state index contributed by atoms with van der Waals surface area (Å²) in [6, 6.07) is -0.338. The molecule has 1 radical (unpaired) electrons. The molecule has 0 saturated carbocycles. The fraction of sp³-hybridized carbons (Fsp3) is 0.875. The van der Waals surface area contributed by atoms with Gasteiger partial charge in [0.05, 0.1) is 11.8 Å². The largest absolute Gasteiger partial charge is 0.368 e. The molecule has 2 heterocycles. The third-order valence-electron chi connectivity index (χ3n) is 5.12. The van der Waals surface area contributed by atoms with E-state index in [0.717, 1.165) is 32.4 Å². The molecular formula is C16H31N4O3S. The average Bonchev–Trinajstić information content (AvgIpc) is 2.59. The molecule has 0 bridgehead atoms. The SMILES string of the molecule is CC(C(N)=O)N1CCN(S(=O)(=O)CCC[CH]C2CCNCC2)CC1. The summed E-state index contributed by atoms with van der Waals surface area (Å²) in [5, 5.41) is 3.34. The van der Waals surface area contributed by atoms with Gasteiger partial charge in [-0.3, -0.25) is 9.69 Å². The number of piperidine rings is 1. The van der Waals surface area contributed by atoms with Crippen molar-refractivity contribution in [3.63, 3.8) is 0 Å². The Morgan fingerprint density at radius 3 is 2.46 bits per heavy atom. The standard InChI is InChI=1S/C16H31N4O3S/c1-14(16(17)21)19-9-11-20(12-10-19)24(22,23)13-3-2-4-15-5-7-18-8-6-15/h4,14-15,18H,2-3,5-13H2,1H3,(H2,17,21). The van der Waals surface area contributed by atoms with Gasteiger partial charge in [0.15, 0.2) is 0 Å². The van der Waals surface area contributed by atoms with Gasteiger partial charge >= 0.3 is 0 Å². The van der Waals surface area contributed by atoms with Gasteiger partial charge < -0.3 is 11.1 Å². The highest BCUT2D eigenvalue weighted by molar-refractivity contribution is 7.89. The van der Waals surface area contributed by atoms with Gasteiger partial charge in [-0.15, -0.1) is 0 Å². The zero-order chi connectivity index (χ0) is 17.6. The first-order valence-corrected chi connectivity index (χ1v) is 10.6. The number of rotatable bonds is 8. The summed E-state index contributed by atoms with van der Waals surface area (Å²) < 4.78 is 26.4. The van der Waals surface area contributed by atoms with E-state index >= 15 is 0 Å². The Labute approximate surface area is 146 Å². The number of sulfonamides is 1. The first kappa shape index (κ1) is 19.6. The lowest BCUT2D eigenvalue weighted by atomic mass is 9.93. The van der Waals surface area contributed by atoms with E-state index in [9.17, 15) is 13.2 Å². The van der Waals surface area contributed by atoms with Crippen molar-refractivity contribution in [1.82, 2.24) is 14.5 Å². The van der Waals surface area contributed by atoms with Crippen molar-refractivity contribution in [3.8, 4) is 0 Å². The molecule has 1 unspecified atom stereocenters. The molecule has 24 heavy (non-hydrogen) atoms. The van der Waals surface area contributed by atoms with E-state index in [1.54, 1.807) is 11.2 Å². The molecule has 0 aliphatic carbocycles. The quantitative estimate of drug-likeness (QED) is 0.585. The predicted octanol–water partition coefficient (Wildman–Crippen LogP) is -0.208. The van der Waals surface area contributed by atoms with Crippen LogP contribution in [-0.2, 0) is 14.8 Å². The van der Waals surface area contributed by atoms with E-state index < -0.39 is 10.0 Å². The Morgan fingerprint density at radius 2 is 1.88 bits per heavy atom. The molecule has 7 nitrogen and oxygen atoms in total. The average molecular weight is 360 g/mol. The number of hydrogen-bond donors (Lipinski definition) is 2. The number of hydrogen-bond acceptors (Lipinski definition) is 5. The van der Waals surface area contributed by atoms with E-state index in [4.69, 9.17) is 5.73 Å². The van der Waals surface area contributed by atoms with Crippen LogP contribution in [0.1, 0.15) is 32.6 Å². The minimum Gasteiger partial charge on any atom is -0.368 e. The third-order valence-corrected chi connectivity index (χ3v) is 7.07. The fourth-order valence-electron chi connectivity index (χ4n) is 3.38. The topological polar surface area (TPSA) is 95.7 Å². The second-order valence-electron chi connectivity index (χ2n) is 6.79. The van der Waals surface area contributed by atoms with Gasteiger partial charge in [-0.05, 0) is 58.0 Å². The number of carbonyl (C=O) groups excluding carboxylic acids is 1. The molecule has 2 rings (SSSR count). The van der Waals surface area contributed by atoms with Gasteiger partial charge in [0.25, 0.3) is 0 Å². The summed E-state index contributed by atoms with van der Waals surface area (Å²) in [5.41, 5.74) is 5.31. The van der Waals surface area contributed by atoms with Crippen LogP contribution in [0.4, 0.5) is 0 Å². The van der Waals surface area contributed by atoms with Crippen LogP contribution in [0.25, 0.3) is 0 Å². The highest BCUT2D eigenvalue weighted by Gasteiger charge is 2.29. The zero-order valence-corrected chi connectivity index (χ0v) is 15.4. The van der Waals surface area contributed by atoms with E-state index in [-0.39, 0.29) is 17.7 Å². The summed E-state index contributed by atoms with van der Waals surface area (Å²) in [4.78, 5) is 13.2. The highest BCUT2D eigenvalue weighted by Crippen LogP contribution is 2.18. The first-order chi connectivity index (χ1) is 11.4. The van der Waals surface area contributed by atoms with Crippen LogP contribution in [0.2, 0.25) is 0 Å². The molecule has 2 aliphatic heterocycles. The van der Waals surface area contributed by atoms with Gasteiger partial charge in [-0.25, -0.2) is 8.42 Å². The molecule has 0 spiro atoms. The van der Waals surface area contributed by atoms with E-state index in [0.29, 0.717) is 38.5 Å². The molecule has 1 atom stereocenters. The van der Waals surface area contributed by atoms with Crippen molar-refractivity contribution in [2.24, 2.45) is 11.7 Å². The molecule has 1 amide bonds. The Bertz CT molecular complexity index is 497. The smallest absolute Gasteiger partial charge is 0.234 e. The molecule has 2 aliphatic rings. The van der Waals surface area contributed by atoms with E-state index in [1.807, 2.05) is 4.90 Å². The highest BCUT2D eigenvalue weighted by atomic mass is 32.2. The first-order valence-electron chi connectivity index (χ1n) is 8.95. The molecule has 0 aromatic heterocycles. The van der Waals surface area contributed by atoms with Crippen molar-refractivity contribution in [1.29, 1.82) is 0 Å². The summed E-state index contributed by atoms with van der Waals surface area (Å²) in [6.45, 7) is 5.90. The number of unbranched alkanes of at least 4 members (excludes halogenated alkanes) is 1. The van der Waals surface area contributed by atoms with E-state index in [2.05, 4.69) is 11.7 Å². The number of piperazine rings is 1.